The van der Waals surface area contributed by atoms with Crippen LogP contribution in [-0.2, 0) is 4.79 Å². The lowest BCUT2D eigenvalue weighted by Gasteiger charge is -2.18. The van der Waals surface area contributed by atoms with Gasteiger partial charge in [0.1, 0.15) is 5.15 Å². The summed E-state index contributed by atoms with van der Waals surface area (Å²) in [6, 6.07) is 4.14. The first-order valence-corrected chi connectivity index (χ1v) is 5.52. The summed E-state index contributed by atoms with van der Waals surface area (Å²) in [7, 11) is 0. The molecule has 3 heterocycles. The number of Topliss-reactive ketones (excluding diaryl/α,β-unsaturated/α-hetero) is 1. The topological polar surface area (TPSA) is 42.0 Å². The number of fused-ring (bicyclic) bond motifs is 2. The van der Waals surface area contributed by atoms with E-state index in [2.05, 4.69) is 10.3 Å². The number of hydrogen-bond acceptors (Lipinski definition) is 3. The number of carbonyl (C=O) groups is 1. The molecular formula is C11H11ClN2O. The van der Waals surface area contributed by atoms with Crippen LogP contribution in [0.3, 0.4) is 0 Å². The van der Waals surface area contributed by atoms with Crippen LogP contribution in [0.25, 0.3) is 0 Å². The maximum atomic E-state index is 11.6. The number of pyridine rings is 1. The largest absolute Gasteiger partial charge is 0.304 e. The highest BCUT2D eigenvalue weighted by Crippen LogP contribution is 2.37. The van der Waals surface area contributed by atoms with Gasteiger partial charge in [0, 0.05) is 24.6 Å². The predicted molar refractivity (Wildman–Crippen MR) is 56.9 cm³/mol. The average Bonchev–Trinajstić information content (AvgIpc) is 2.77. The summed E-state index contributed by atoms with van der Waals surface area (Å²) >= 11 is 5.73. The summed E-state index contributed by atoms with van der Waals surface area (Å²) in [5, 5.41) is 3.83. The molecule has 2 fully saturated rings. The molecule has 0 amide bonds. The Morgan fingerprint density at radius 1 is 1.47 bits per heavy atom. The van der Waals surface area contributed by atoms with Gasteiger partial charge in [0.15, 0.2) is 5.78 Å². The van der Waals surface area contributed by atoms with Gasteiger partial charge in [-0.15, -0.1) is 0 Å². The number of nitrogens with one attached hydrogen (secondary N) is 1. The van der Waals surface area contributed by atoms with Crippen molar-refractivity contribution in [3.63, 3.8) is 0 Å². The third kappa shape index (κ3) is 1.46. The van der Waals surface area contributed by atoms with Gasteiger partial charge in [-0.2, -0.15) is 0 Å². The van der Waals surface area contributed by atoms with E-state index in [9.17, 15) is 4.79 Å². The quantitative estimate of drug-likeness (QED) is 0.733. The van der Waals surface area contributed by atoms with E-state index in [-0.39, 0.29) is 6.04 Å². The second-order valence-electron chi connectivity index (χ2n) is 4.27. The van der Waals surface area contributed by atoms with Crippen molar-refractivity contribution in [2.75, 3.05) is 0 Å². The number of halogens is 1. The zero-order valence-corrected chi connectivity index (χ0v) is 8.87. The monoisotopic (exact) mass is 222 g/mol. The molecule has 0 aliphatic carbocycles. The molecule has 15 heavy (non-hydrogen) atoms. The van der Waals surface area contributed by atoms with Gasteiger partial charge in [-0.05, 0) is 18.1 Å². The Balaban J connectivity index is 1.90. The highest BCUT2D eigenvalue weighted by Gasteiger charge is 2.45. The highest BCUT2D eigenvalue weighted by atomic mass is 35.5. The average molecular weight is 223 g/mol. The van der Waals surface area contributed by atoms with Crippen molar-refractivity contribution >= 4 is 17.4 Å². The van der Waals surface area contributed by atoms with Crippen molar-refractivity contribution in [1.29, 1.82) is 0 Å². The summed E-state index contributed by atoms with van der Waals surface area (Å²) in [5.41, 5.74) is 1.12. The van der Waals surface area contributed by atoms with E-state index >= 15 is 0 Å². The van der Waals surface area contributed by atoms with Crippen molar-refractivity contribution in [2.45, 2.75) is 30.8 Å². The molecule has 0 radical (unpaired) electrons. The van der Waals surface area contributed by atoms with E-state index in [1.165, 1.54) is 0 Å². The van der Waals surface area contributed by atoms with Gasteiger partial charge in [-0.3, -0.25) is 4.79 Å². The molecule has 1 aromatic heterocycles. The SMILES string of the molecule is O=C1CC2CC(c3ccc(Cl)nc3)C1N2. The molecule has 3 atom stereocenters. The lowest BCUT2D eigenvalue weighted by Crippen LogP contribution is -2.28. The smallest absolute Gasteiger partial charge is 0.151 e. The molecular weight excluding hydrogens is 212 g/mol. The number of hydrogen-bond donors (Lipinski definition) is 1. The first-order valence-electron chi connectivity index (χ1n) is 5.14. The molecule has 1 N–H and O–H groups in total. The number of aromatic nitrogens is 1. The van der Waals surface area contributed by atoms with Crippen LogP contribution in [0.5, 0.6) is 0 Å². The number of carbonyl (C=O) groups excluding carboxylic acids is 1. The molecule has 2 saturated heterocycles. The van der Waals surface area contributed by atoms with Crippen molar-refractivity contribution in [3.05, 3.63) is 29.0 Å². The summed E-state index contributed by atoms with van der Waals surface area (Å²) in [6.45, 7) is 0. The first kappa shape index (κ1) is 9.31. The minimum absolute atomic E-state index is 0.0120. The Hall–Kier alpha value is -0.930. The van der Waals surface area contributed by atoms with Gasteiger partial charge in [0.25, 0.3) is 0 Å². The molecule has 3 rings (SSSR count). The maximum absolute atomic E-state index is 11.6. The van der Waals surface area contributed by atoms with Gasteiger partial charge in [0.2, 0.25) is 0 Å². The van der Waals surface area contributed by atoms with Crippen LogP contribution >= 0.6 is 11.6 Å². The van der Waals surface area contributed by atoms with E-state index in [0.29, 0.717) is 29.3 Å². The molecule has 1 aromatic rings. The van der Waals surface area contributed by atoms with E-state index in [1.807, 2.05) is 6.07 Å². The van der Waals surface area contributed by atoms with Crippen molar-refractivity contribution in [3.8, 4) is 0 Å². The summed E-state index contributed by atoms with van der Waals surface area (Å²) in [6.07, 6.45) is 3.52. The van der Waals surface area contributed by atoms with E-state index in [4.69, 9.17) is 11.6 Å². The van der Waals surface area contributed by atoms with Gasteiger partial charge >= 0.3 is 0 Å². The standard InChI is InChI=1S/C11H11ClN2O/c12-10-2-1-6(5-13-10)8-3-7-4-9(15)11(8)14-7/h1-2,5,7-8,11,14H,3-4H2. The zero-order valence-electron chi connectivity index (χ0n) is 8.11. The third-order valence-electron chi connectivity index (χ3n) is 3.33. The van der Waals surface area contributed by atoms with Crippen LogP contribution in [0.15, 0.2) is 18.3 Å². The number of nitrogens with zero attached hydrogens (tertiary/aromatic N) is 1. The minimum Gasteiger partial charge on any atom is -0.304 e. The normalized spacial score (nSPS) is 33.7. The van der Waals surface area contributed by atoms with E-state index < -0.39 is 0 Å². The second-order valence-corrected chi connectivity index (χ2v) is 4.66. The van der Waals surface area contributed by atoms with Gasteiger partial charge in [0.05, 0.1) is 6.04 Å². The fraction of sp³-hybridized carbons (Fsp3) is 0.455. The van der Waals surface area contributed by atoms with Crippen molar-refractivity contribution in [2.24, 2.45) is 0 Å². The van der Waals surface area contributed by atoms with E-state index in [1.54, 1.807) is 12.3 Å². The number of rotatable bonds is 1. The molecule has 3 unspecified atom stereocenters. The molecule has 78 valence electrons. The fourth-order valence-corrected chi connectivity index (χ4v) is 2.76. The summed E-state index contributed by atoms with van der Waals surface area (Å²) < 4.78 is 0. The maximum Gasteiger partial charge on any atom is 0.151 e. The Morgan fingerprint density at radius 2 is 2.33 bits per heavy atom. The lowest BCUT2D eigenvalue weighted by molar-refractivity contribution is -0.119. The van der Waals surface area contributed by atoms with Crippen LogP contribution in [0.1, 0.15) is 24.3 Å². The molecule has 0 saturated carbocycles. The summed E-state index contributed by atoms with van der Waals surface area (Å²) in [4.78, 5) is 15.6. The number of ketones is 1. The Kier molecular flexibility index (Phi) is 2.04. The second kappa shape index (κ2) is 3.29. The zero-order chi connectivity index (χ0) is 10.4. The van der Waals surface area contributed by atoms with Gasteiger partial charge in [-0.1, -0.05) is 17.7 Å². The molecule has 2 aliphatic rings. The Morgan fingerprint density at radius 3 is 2.93 bits per heavy atom. The molecule has 0 spiro atoms. The molecule has 4 heteroatoms. The lowest BCUT2D eigenvalue weighted by atomic mass is 9.84. The van der Waals surface area contributed by atoms with Crippen LogP contribution < -0.4 is 5.32 Å². The Bertz CT molecular complexity index is 404. The van der Waals surface area contributed by atoms with Crippen LogP contribution in [0.4, 0.5) is 0 Å². The van der Waals surface area contributed by atoms with Crippen molar-refractivity contribution < 1.29 is 4.79 Å². The van der Waals surface area contributed by atoms with Crippen LogP contribution in [0, 0.1) is 0 Å². The fourth-order valence-electron chi connectivity index (χ4n) is 2.65. The van der Waals surface area contributed by atoms with E-state index in [0.717, 1.165) is 12.0 Å². The molecule has 2 aliphatic heterocycles. The first-order chi connectivity index (χ1) is 7.24. The van der Waals surface area contributed by atoms with Crippen LogP contribution in [-0.4, -0.2) is 22.9 Å². The molecule has 2 bridgehead atoms. The third-order valence-corrected chi connectivity index (χ3v) is 3.55. The summed E-state index contributed by atoms with van der Waals surface area (Å²) in [5.74, 6) is 0.632. The predicted octanol–water partition coefficient (Wildman–Crippen LogP) is 1.52. The van der Waals surface area contributed by atoms with Crippen LogP contribution in [0.2, 0.25) is 5.15 Å². The van der Waals surface area contributed by atoms with Crippen molar-refractivity contribution in [1.82, 2.24) is 10.3 Å². The highest BCUT2D eigenvalue weighted by molar-refractivity contribution is 6.29. The minimum atomic E-state index is 0.0120. The van der Waals surface area contributed by atoms with Gasteiger partial charge < -0.3 is 5.32 Å². The molecule has 3 nitrogen and oxygen atoms in total. The molecule has 0 aromatic carbocycles. The Labute approximate surface area is 92.8 Å². The van der Waals surface area contributed by atoms with Gasteiger partial charge in [-0.25, -0.2) is 4.98 Å².